The first-order chi connectivity index (χ1) is 12.4. The summed E-state index contributed by atoms with van der Waals surface area (Å²) in [4.78, 5) is 23.0. The van der Waals surface area contributed by atoms with E-state index in [9.17, 15) is 14.9 Å². The average molecular weight is 437 g/mol. The lowest BCUT2D eigenvalue weighted by Crippen LogP contribution is -2.12. The van der Waals surface area contributed by atoms with E-state index in [-0.39, 0.29) is 17.2 Å². The number of nitrogens with zero attached hydrogens (tertiary/aromatic N) is 2. The van der Waals surface area contributed by atoms with Crippen molar-refractivity contribution in [2.75, 3.05) is 12.4 Å². The summed E-state index contributed by atoms with van der Waals surface area (Å²) in [6.07, 6.45) is 0. The molecule has 0 unspecified atom stereocenters. The molecular formula is C17H13BrN2O5S. The van der Waals surface area contributed by atoms with Gasteiger partial charge in [0.05, 0.1) is 33.4 Å². The summed E-state index contributed by atoms with van der Waals surface area (Å²) < 4.78 is 11.2. The van der Waals surface area contributed by atoms with Crippen LogP contribution in [-0.2, 0) is 4.79 Å². The van der Waals surface area contributed by atoms with Crippen LogP contribution in [0, 0.1) is 21.4 Å². The average Bonchev–Trinajstić information content (AvgIpc) is 2.63. The SMILES string of the molecule is CCOc1cc(C#N)cc(Br)c1OC(=O)CSc1ccc([N+](=O)[O-])cc1. The highest BCUT2D eigenvalue weighted by Crippen LogP contribution is 2.37. The highest BCUT2D eigenvalue weighted by atomic mass is 79.9. The molecule has 0 saturated heterocycles. The zero-order chi connectivity index (χ0) is 19.1. The first kappa shape index (κ1) is 19.8. The van der Waals surface area contributed by atoms with Crippen molar-refractivity contribution in [2.24, 2.45) is 0 Å². The molecule has 0 aliphatic carbocycles. The van der Waals surface area contributed by atoms with E-state index in [1.807, 2.05) is 6.07 Å². The van der Waals surface area contributed by atoms with Gasteiger partial charge >= 0.3 is 5.97 Å². The van der Waals surface area contributed by atoms with E-state index in [1.54, 1.807) is 19.1 Å². The third-order valence-electron chi connectivity index (χ3n) is 3.06. The van der Waals surface area contributed by atoms with Crippen LogP contribution in [-0.4, -0.2) is 23.3 Å². The number of halogens is 1. The van der Waals surface area contributed by atoms with Gasteiger partial charge in [-0.2, -0.15) is 5.26 Å². The minimum atomic E-state index is -0.514. The molecule has 0 spiro atoms. The standard InChI is InChI=1S/C17H13BrN2O5S/c1-2-24-15-8-11(9-19)7-14(18)17(15)25-16(21)10-26-13-5-3-12(4-6-13)20(22)23/h3-8H,2,10H2,1H3. The van der Waals surface area contributed by atoms with Gasteiger partial charge in [-0.05, 0) is 41.1 Å². The Morgan fingerprint density at radius 1 is 1.35 bits per heavy atom. The molecular weight excluding hydrogens is 424 g/mol. The molecule has 0 bridgehead atoms. The molecule has 0 aliphatic rings. The number of carbonyl (C=O) groups excluding carboxylic acids is 1. The summed E-state index contributed by atoms with van der Waals surface area (Å²) in [6, 6.07) is 10.9. The Balaban J connectivity index is 2.05. The van der Waals surface area contributed by atoms with Crippen molar-refractivity contribution in [1.82, 2.24) is 0 Å². The fraction of sp³-hybridized carbons (Fsp3) is 0.176. The molecule has 7 nitrogen and oxygen atoms in total. The van der Waals surface area contributed by atoms with Crippen LogP contribution in [0.15, 0.2) is 45.8 Å². The fourth-order valence-electron chi connectivity index (χ4n) is 1.94. The van der Waals surface area contributed by atoms with Crippen LogP contribution < -0.4 is 9.47 Å². The van der Waals surface area contributed by atoms with Gasteiger partial charge < -0.3 is 9.47 Å². The second-order valence-electron chi connectivity index (χ2n) is 4.84. The topological polar surface area (TPSA) is 102 Å². The summed E-state index contributed by atoms with van der Waals surface area (Å²) in [5.74, 6) is 0.00231. The van der Waals surface area contributed by atoms with Gasteiger partial charge in [-0.1, -0.05) is 0 Å². The van der Waals surface area contributed by atoms with Gasteiger partial charge in [0.2, 0.25) is 0 Å². The lowest BCUT2D eigenvalue weighted by molar-refractivity contribution is -0.384. The van der Waals surface area contributed by atoms with E-state index in [0.717, 1.165) is 0 Å². The molecule has 0 N–H and O–H groups in total. The summed E-state index contributed by atoms with van der Waals surface area (Å²) in [5.41, 5.74) is 0.361. The van der Waals surface area contributed by atoms with E-state index in [0.29, 0.717) is 27.3 Å². The monoisotopic (exact) mass is 436 g/mol. The highest BCUT2D eigenvalue weighted by molar-refractivity contribution is 9.10. The Hall–Kier alpha value is -2.57. The molecule has 2 aromatic rings. The molecule has 0 aromatic heterocycles. The predicted molar refractivity (Wildman–Crippen MR) is 99.5 cm³/mol. The van der Waals surface area contributed by atoms with Crippen LogP contribution in [0.25, 0.3) is 0 Å². The van der Waals surface area contributed by atoms with Crippen LogP contribution in [0.4, 0.5) is 5.69 Å². The van der Waals surface area contributed by atoms with Crippen LogP contribution in [0.3, 0.4) is 0 Å². The summed E-state index contributed by atoms with van der Waals surface area (Å²) >= 11 is 4.47. The molecule has 0 radical (unpaired) electrons. The maximum absolute atomic E-state index is 12.1. The van der Waals surface area contributed by atoms with Crippen molar-refractivity contribution in [1.29, 1.82) is 5.26 Å². The number of thioether (sulfide) groups is 1. The quantitative estimate of drug-likeness (QED) is 0.209. The molecule has 0 atom stereocenters. The number of hydrogen-bond acceptors (Lipinski definition) is 7. The second kappa shape index (κ2) is 9.22. The number of esters is 1. The van der Waals surface area contributed by atoms with Crippen molar-refractivity contribution in [3.63, 3.8) is 0 Å². The molecule has 2 rings (SSSR count). The molecule has 0 aliphatic heterocycles. The number of nitro benzene ring substituents is 1. The van der Waals surface area contributed by atoms with E-state index < -0.39 is 10.9 Å². The number of carbonyl (C=O) groups is 1. The summed E-state index contributed by atoms with van der Waals surface area (Å²) in [7, 11) is 0. The third kappa shape index (κ3) is 5.21. The van der Waals surface area contributed by atoms with E-state index >= 15 is 0 Å². The minimum absolute atomic E-state index is 0.00974. The molecule has 26 heavy (non-hydrogen) atoms. The Kier molecular flexibility index (Phi) is 7.00. The van der Waals surface area contributed by atoms with Gasteiger partial charge in [0.1, 0.15) is 0 Å². The summed E-state index contributed by atoms with van der Waals surface area (Å²) in [5, 5.41) is 19.6. The van der Waals surface area contributed by atoms with Gasteiger partial charge in [0.15, 0.2) is 11.5 Å². The number of nitro groups is 1. The van der Waals surface area contributed by atoms with Crippen LogP contribution >= 0.6 is 27.7 Å². The Labute approximate surface area is 162 Å². The third-order valence-corrected chi connectivity index (χ3v) is 4.63. The van der Waals surface area contributed by atoms with Crippen molar-refractivity contribution >= 4 is 39.3 Å². The van der Waals surface area contributed by atoms with Crippen molar-refractivity contribution < 1.29 is 19.2 Å². The van der Waals surface area contributed by atoms with Gasteiger partial charge in [-0.15, -0.1) is 11.8 Å². The van der Waals surface area contributed by atoms with Crippen LogP contribution in [0.5, 0.6) is 11.5 Å². The van der Waals surface area contributed by atoms with Gasteiger partial charge in [-0.3, -0.25) is 14.9 Å². The molecule has 9 heteroatoms. The Morgan fingerprint density at radius 2 is 2.04 bits per heavy atom. The number of rotatable bonds is 7. The lowest BCUT2D eigenvalue weighted by Gasteiger charge is -2.12. The maximum atomic E-state index is 12.1. The molecule has 2 aromatic carbocycles. The van der Waals surface area contributed by atoms with Crippen molar-refractivity contribution in [2.45, 2.75) is 11.8 Å². The number of ether oxygens (including phenoxy) is 2. The number of nitriles is 1. The maximum Gasteiger partial charge on any atom is 0.321 e. The van der Waals surface area contributed by atoms with Gasteiger partial charge in [0, 0.05) is 23.1 Å². The largest absolute Gasteiger partial charge is 0.490 e. The zero-order valence-corrected chi connectivity index (χ0v) is 16.0. The Morgan fingerprint density at radius 3 is 2.62 bits per heavy atom. The van der Waals surface area contributed by atoms with Gasteiger partial charge in [-0.25, -0.2) is 0 Å². The normalized spacial score (nSPS) is 10.0. The van der Waals surface area contributed by atoms with E-state index in [4.69, 9.17) is 14.7 Å². The predicted octanol–water partition coefficient (Wildman–Crippen LogP) is 4.33. The first-order valence-electron chi connectivity index (χ1n) is 7.39. The van der Waals surface area contributed by atoms with Crippen LogP contribution in [0.2, 0.25) is 0 Å². The minimum Gasteiger partial charge on any atom is -0.490 e. The number of hydrogen-bond donors (Lipinski definition) is 0. The van der Waals surface area contributed by atoms with Crippen LogP contribution in [0.1, 0.15) is 12.5 Å². The van der Waals surface area contributed by atoms with Crippen molar-refractivity contribution in [3.05, 3.63) is 56.5 Å². The molecule has 0 fully saturated rings. The van der Waals surface area contributed by atoms with E-state index in [2.05, 4.69) is 15.9 Å². The number of benzene rings is 2. The molecule has 0 amide bonds. The smallest absolute Gasteiger partial charge is 0.321 e. The van der Waals surface area contributed by atoms with Gasteiger partial charge in [0.25, 0.3) is 5.69 Å². The summed E-state index contributed by atoms with van der Waals surface area (Å²) in [6.45, 7) is 2.13. The fourth-order valence-corrected chi connectivity index (χ4v) is 3.14. The molecule has 0 heterocycles. The Bertz CT molecular complexity index is 865. The molecule has 134 valence electrons. The molecule has 0 saturated carbocycles. The first-order valence-corrected chi connectivity index (χ1v) is 9.16. The van der Waals surface area contributed by atoms with Crippen molar-refractivity contribution in [3.8, 4) is 17.6 Å². The number of non-ortho nitro benzene ring substituents is 1. The second-order valence-corrected chi connectivity index (χ2v) is 6.75. The zero-order valence-electron chi connectivity index (χ0n) is 13.6. The van der Waals surface area contributed by atoms with E-state index in [1.165, 1.54) is 36.0 Å². The highest BCUT2D eigenvalue weighted by Gasteiger charge is 2.16. The lowest BCUT2D eigenvalue weighted by atomic mass is 10.2.